The molecule has 0 aliphatic rings. The van der Waals surface area contributed by atoms with Crippen LogP contribution < -0.4 is 5.30 Å². The minimum atomic E-state index is -2.22. The Hall–Kier alpha value is -0.400. The van der Waals surface area contributed by atoms with E-state index in [4.69, 9.17) is 11.6 Å². The monoisotopic (exact) mass is 190 g/mol. The van der Waals surface area contributed by atoms with Crippen molar-refractivity contribution in [1.82, 2.24) is 9.97 Å². The summed E-state index contributed by atoms with van der Waals surface area (Å²) in [4.78, 5) is 7.46. The van der Waals surface area contributed by atoms with Gasteiger partial charge in [0.1, 0.15) is 7.14 Å². The first-order valence-electron chi connectivity index (χ1n) is 3.03. The molecule has 0 radical (unpaired) electrons. The number of aromatic nitrogens is 2. The summed E-state index contributed by atoms with van der Waals surface area (Å²) in [5.41, 5.74) is 0. The van der Waals surface area contributed by atoms with E-state index in [-0.39, 0.29) is 5.28 Å². The highest BCUT2D eigenvalue weighted by Gasteiger charge is 2.10. The Balaban J connectivity index is 3.09. The second-order valence-corrected chi connectivity index (χ2v) is 6.12. The molecule has 1 rings (SSSR count). The van der Waals surface area contributed by atoms with Gasteiger partial charge in [-0.2, -0.15) is 0 Å². The second-order valence-electron chi connectivity index (χ2n) is 2.56. The Morgan fingerprint density at radius 2 is 1.82 bits per heavy atom. The Morgan fingerprint density at radius 3 is 2.18 bits per heavy atom. The van der Waals surface area contributed by atoms with Gasteiger partial charge in [-0.15, -0.1) is 0 Å². The van der Waals surface area contributed by atoms with Gasteiger partial charge in [-0.1, -0.05) is 0 Å². The zero-order valence-corrected chi connectivity index (χ0v) is 7.93. The fourth-order valence-corrected chi connectivity index (χ4v) is 1.35. The molecule has 11 heavy (non-hydrogen) atoms. The van der Waals surface area contributed by atoms with Gasteiger partial charge in [0.25, 0.3) is 0 Å². The third-order valence-corrected chi connectivity index (χ3v) is 2.90. The minimum Gasteiger partial charge on any atom is -0.319 e. The first-order chi connectivity index (χ1) is 5.00. The SMILES string of the molecule is CP(C)(=O)c1cnc(Cl)nc1. The van der Waals surface area contributed by atoms with Crippen LogP contribution in [0, 0.1) is 0 Å². The zero-order chi connectivity index (χ0) is 8.48. The average molecular weight is 191 g/mol. The van der Waals surface area contributed by atoms with Crippen LogP contribution in [0.15, 0.2) is 12.4 Å². The smallest absolute Gasteiger partial charge is 0.222 e. The molecule has 0 aromatic carbocycles. The topological polar surface area (TPSA) is 42.9 Å². The van der Waals surface area contributed by atoms with Gasteiger partial charge in [0.15, 0.2) is 0 Å². The van der Waals surface area contributed by atoms with Crippen LogP contribution in [0.1, 0.15) is 0 Å². The molecule has 0 spiro atoms. The van der Waals surface area contributed by atoms with Crippen LogP contribution >= 0.6 is 18.7 Å². The number of halogens is 1. The molecule has 0 aliphatic heterocycles. The average Bonchev–Trinajstić information content (AvgIpc) is 1.86. The highest BCUT2D eigenvalue weighted by atomic mass is 35.5. The molecule has 1 aromatic rings. The molecule has 0 fully saturated rings. The minimum absolute atomic E-state index is 0.183. The summed E-state index contributed by atoms with van der Waals surface area (Å²) in [6, 6.07) is 0. The van der Waals surface area contributed by atoms with E-state index >= 15 is 0 Å². The molecule has 0 bridgehead atoms. The van der Waals surface area contributed by atoms with Crippen molar-refractivity contribution in [3.05, 3.63) is 17.7 Å². The van der Waals surface area contributed by atoms with Gasteiger partial charge in [-0.25, -0.2) is 9.97 Å². The van der Waals surface area contributed by atoms with E-state index in [1.54, 1.807) is 13.3 Å². The fraction of sp³-hybridized carbons (Fsp3) is 0.333. The van der Waals surface area contributed by atoms with Crippen molar-refractivity contribution in [3.63, 3.8) is 0 Å². The van der Waals surface area contributed by atoms with Gasteiger partial charge in [0.05, 0.1) is 0 Å². The van der Waals surface area contributed by atoms with E-state index in [9.17, 15) is 4.57 Å². The maximum absolute atomic E-state index is 11.4. The number of nitrogens with zero attached hydrogens (tertiary/aromatic N) is 2. The van der Waals surface area contributed by atoms with E-state index in [0.717, 1.165) is 0 Å². The Morgan fingerprint density at radius 1 is 1.36 bits per heavy atom. The normalized spacial score (nSPS) is 11.5. The van der Waals surface area contributed by atoms with Gasteiger partial charge in [-0.3, -0.25) is 0 Å². The van der Waals surface area contributed by atoms with Gasteiger partial charge in [0, 0.05) is 17.7 Å². The maximum atomic E-state index is 11.4. The lowest BCUT2D eigenvalue weighted by molar-refractivity contribution is 0.588. The van der Waals surface area contributed by atoms with E-state index in [2.05, 4.69) is 9.97 Å². The molecule has 0 unspecified atom stereocenters. The van der Waals surface area contributed by atoms with E-state index < -0.39 is 7.14 Å². The zero-order valence-electron chi connectivity index (χ0n) is 6.28. The summed E-state index contributed by atoms with van der Waals surface area (Å²) in [5.74, 6) is 0. The standard InChI is InChI=1S/C6H8ClN2OP/c1-11(2,10)5-3-8-6(7)9-4-5/h3-4H,1-2H3. The number of hydrogen-bond acceptors (Lipinski definition) is 3. The molecule has 60 valence electrons. The van der Waals surface area contributed by atoms with Gasteiger partial charge in [-0.05, 0) is 24.9 Å². The Bertz CT molecular complexity index is 292. The van der Waals surface area contributed by atoms with Gasteiger partial charge in [0.2, 0.25) is 5.28 Å². The molecule has 0 amide bonds. The maximum Gasteiger partial charge on any atom is 0.222 e. The predicted octanol–water partition coefficient (Wildman–Crippen LogP) is 1.38. The van der Waals surface area contributed by atoms with Gasteiger partial charge < -0.3 is 4.57 Å². The lowest BCUT2D eigenvalue weighted by Crippen LogP contribution is -2.04. The van der Waals surface area contributed by atoms with E-state index in [1.165, 1.54) is 12.4 Å². The second kappa shape index (κ2) is 2.92. The summed E-state index contributed by atoms with van der Waals surface area (Å²) in [5, 5.41) is 0.837. The summed E-state index contributed by atoms with van der Waals surface area (Å²) >= 11 is 5.45. The molecule has 1 heterocycles. The van der Waals surface area contributed by atoms with Crippen molar-refractivity contribution in [3.8, 4) is 0 Å². The van der Waals surface area contributed by atoms with Crippen molar-refractivity contribution in [2.24, 2.45) is 0 Å². The van der Waals surface area contributed by atoms with Crippen LogP contribution in [0.4, 0.5) is 0 Å². The van der Waals surface area contributed by atoms with Crippen molar-refractivity contribution in [1.29, 1.82) is 0 Å². The highest BCUT2D eigenvalue weighted by Crippen LogP contribution is 2.33. The molecular weight excluding hydrogens is 183 g/mol. The lowest BCUT2D eigenvalue weighted by Gasteiger charge is -2.03. The van der Waals surface area contributed by atoms with Crippen molar-refractivity contribution < 1.29 is 4.57 Å². The van der Waals surface area contributed by atoms with Crippen LogP contribution in [0.25, 0.3) is 0 Å². The molecule has 1 aromatic heterocycles. The van der Waals surface area contributed by atoms with Crippen LogP contribution in [0.2, 0.25) is 5.28 Å². The predicted molar refractivity (Wildman–Crippen MR) is 46.1 cm³/mol. The van der Waals surface area contributed by atoms with Crippen molar-refractivity contribution in [2.75, 3.05) is 13.3 Å². The Kier molecular flexibility index (Phi) is 2.31. The molecule has 0 atom stereocenters. The Labute approximate surface area is 70.2 Å². The van der Waals surface area contributed by atoms with Crippen LogP contribution in [0.3, 0.4) is 0 Å². The molecule has 0 N–H and O–H groups in total. The third kappa shape index (κ3) is 2.28. The fourth-order valence-electron chi connectivity index (χ4n) is 0.584. The summed E-state index contributed by atoms with van der Waals surface area (Å²) < 4.78 is 11.4. The molecule has 3 nitrogen and oxygen atoms in total. The van der Waals surface area contributed by atoms with E-state index in [1.807, 2.05) is 0 Å². The van der Waals surface area contributed by atoms with Gasteiger partial charge >= 0.3 is 0 Å². The number of rotatable bonds is 1. The van der Waals surface area contributed by atoms with Crippen LogP contribution in [-0.2, 0) is 4.57 Å². The third-order valence-electron chi connectivity index (χ3n) is 1.23. The lowest BCUT2D eigenvalue weighted by atomic mass is 10.7. The molecule has 5 heteroatoms. The molecule has 0 aliphatic carbocycles. The highest BCUT2D eigenvalue weighted by molar-refractivity contribution is 7.70. The van der Waals surface area contributed by atoms with E-state index in [0.29, 0.717) is 5.30 Å². The van der Waals surface area contributed by atoms with Crippen molar-refractivity contribution in [2.45, 2.75) is 0 Å². The summed E-state index contributed by atoms with van der Waals surface area (Å²) in [6.45, 7) is 3.33. The molecular formula is C6H8ClN2OP. The van der Waals surface area contributed by atoms with Crippen molar-refractivity contribution >= 4 is 24.0 Å². The summed E-state index contributed by atoms with van der Waals surface area (Å²) in [6.07, 6.45) is 2.99. The largest absolute Gasteiger partial charge is 0.319 e. The first-order valence-corrected chi connectivity index (χ1v) is 6.01. The quantitative estimate of drug-likeness (QED) is 0.496. The first kappa shape index (κ1) is 8.69. The van der Waals surface area contributed by atoms with Crippen LogP contribution in [-0.4, -0.2) is 23.3 Å². The number of hydrogen-bond donors (Lipinski definition) is 0. The molecule has 0 saturated carbocycles. The van der Waals surface area contributed by atoms with Crippen LogP contribution in [0.5, 0.6) is 0 Å². The molecule has 0 saturated heterocycles. The summed E-state index contributed by atoms with van der Waals surface area (Å²) in [7, 11) is -2.22.